The van der Waals surface area contributed by atoms with Gasteiger partial charge in [0.2, 0.25) is 5.91 Å². The molecule has 7 heteroatoms. The van der Waals surface area contributed by atoms with Crippen molar-refractivity contribution in [1.29, 1.82) is 0 Å². The average Bonchev–Trinajstić information content (AvgIpc) is 2.53. The van der Waals surface area contributed by atoms with Crippen molar-refractivity contribution in [3.05, 3.63) is 64.7 Å². The lowest BCUT2D eigenvalue weighted by molar-refractivity contribution is -0.115. The molecule has 0 heterocycles. The Kier molecular flexibility index (Phi) is 6.04. The van der Waals surface area contributed by atoms with E-state index in [9.17, 15) is 18.7 Å². The number of anilines is 1. The molecule has 0 aliphatic rings. The number of benzene rings is 2. The summed E-state index contributed by atoms with van der Waals surface area (Å²) in [5, 5.41) is 14.5. The molecule has 2 aromatic carbocycles. The van der Waals surface area contributed by atoms with E-state index in [1.54, 1.807) is 12.1 Å². The Morgan fingerprint density at radius 2 is 1.91 bits per heavy atom. The first kappa shape index (κ1) is 17.3. The summed E-state index contributed by atoms with van der Waals surface area (Å²) in [7, 11) is 0. The van der Waals surface area contributed by atoms with Crippen molar-refractivity contribution in [3.63, 3.8) is 0 Å². The minimum absolute atomic E-state index is 0.0252. The van der Waals surface area contributed by atoms with Gasteiger partial charge in [0.05, 0.1) is 29.9 Å². The van der Waals surface area contributed by atoms with Gasteiger partial charge in [-0.15, -0.1) is 0 Å². The summed E-state index contributed by atoms with van der Waals surface area (Å²) >= 11 is 5.60. The van der Waals surface area contributed by atoms with Crippen LogP contribution in [0.3, 0.4) is 0 Å². The minimum Gasteiger partial charge on any atom is -0.394 e. The monoisotopic (exact) mass is 340 g/mol. The van der Waals surface area contributed by atoms with E-state index in [2.05, 4.69) is 10.6 Å². The molecule has 0 spiro atoms. The summed E-state index contributed by atoms with van der Waals surface area (Å²) in [6, 6.07) is 9.24. The highest BCUT2D eigenvalue weighted by atomic mass is 35.5. The van der Waals surface area contributed by atoms with Crippen LogP contribution in [0, 0.1) is 11.6 Å². The number of rotatable bonds is 6. The molecule has 2 rings (SSSR count). The lowest BCUT2D eigenvalue weighted by Gasteiger charge is -2.17. The number of hydrogen-bond acceptors (Lipinski definition) is 3. The van der Waals surface area contributed by atoms with Crippen molar-refractivity contribution in [2.75, 3.05) is 18.5 Å². The molecule has 0 fully saturated rings. The molecule has 122 valence electrons. The Labute approximate surface area is 137 Å². The van der Waals surface area contributed by atoms with Crippen LogP contribution < -0.4 is 10.6 Å². The molecule has 0 aromatic heterocycles. The molecule has 0 radical (unpaired) electrons. The SMILES string of the molecule is O=C(CN[C@H](CO)c1ccc(Cl)c(F)c1)Nc1ccccc1F. The Morgan fingerprint density at radius 3 is 2.57 bits per heavy atom. The third kappa shape index (κ3) is 4.72. The maximum Gasteiger partial charge on any atom is 0.238 e. The van der Waals surface area contributed by atoms with Crippen molar-refractivity contribution in [2.45, 2.75) is 6.04 Å². The smallest absolute Gasteiger partial charge is 0.238 e. The average molecular weight is 341 g/mol. The van der Waals surface area contributed by atoms with E-state index in [-0.39, 0.29) is 23.9 Å². The van der Waals surface area contributed by atoms with Crippen LogP contribution in [0.4, 0.5) is 14.5 Å². The largest absolute Gasteiger partial charge is 0.394 e. The quantitative estimate of drug-likeness (QED) is 0.757. The van der Waals surface area contributed by atoms with Crippen LogP contribution in [0.15, 0.2) is 42.5 Å². The van der Waals surface area contributed by atoms with E-state index < -0.39 is 23.6 Å². The molecule has 0 aliphatic carbocycles. The fourth-order valence-electron chi connectivity index (χ4n) is 1.99. The highest BCUT2D eigenvalue weighted by Crippen LogP contribution is 2.20. The van der Waals surface area contributed by atoms with Crippen LogP contribution in [0.25, 0.3) is 0 Å². The van der Waals surface area contributed by atoms with Crippen molar-refractivity contribution in [3.8, 4) is 0 Å². The summed E-state index contributed by atoms with van der Waals surface area (Å²) in [6.07, 6.45) is 0. The number of nitrogens with one attached hydrogen (secondary N) is 2. The summed E-state index contributed by atoms with van der Waals surface area (Å²) in [6.45, 7) is -0.516. The van der Waals surface area contributed by atoms with Gasteiger partial charge in [0.15, 0.2) is 0 Å². The number of carbonyl (C=O) groups excluding carboxylic acids is 1. The van der Waals surface area contributed by atoms with Gasteiger partial charge in [-0.3, -0.25) is 10.1 Å². The highest BCUT2D eigenvalue weighted by Gasteiger charge is 2.14. The Balaban J connectivity index is 1.96. The van der Waals surface area contributed by atoms with E-state index in [1.807, 2.05) is 0 Å². The van der Waals surface area contributed by atoms with E-state index >= 15 is 0 Å². The molecule has 2 aromatic rings. The third-order valence-electron chi connectivity index (χ3n) is 3.19. The maximum absolute atomic E-state index is 13.4. The van der Waals surface area contributed by atoms with E-state index in [1.165, 1.54) is 30.3 Å². The summed E-state index contributed by atoms with van der Waals surface area (Å²) < 4.78 is 26.9. The molecule has 1 atom stereocenters. The van der Waals surface area contributed by atoms with Crippen LogP contribution >= 0.6 is 11.6 Å². The zero-order valence-electron chi connectivity index (χ0n) is 12.0. The summed E-state index contributed by atoms with van der Waals surface area (Å²) in [5.74, 6) is -1.64. The highest BCUT2D eigenvalue weighted by molar-refractivity contribution is 6.30. The second kappa shape index (κ2) is 8.01. The van der Waals surface area contributed by atoms with Gasteiger partial charge in [-0.1, -0.05) is 29.8 Å². The lowest BCUT2D eigenvalue weighted by Crippen LogP contribution is -2.33. The molecular formula is C16H15ClF2N2O2. The number of carbonyl (C=O) groups is 1. The summed E-state index contributed by atoms with van der Waals surface area (Å²) in [4.78, 5) is 11.8. The van der Waals surface area contributed by atoms with Gasteiger partial charge >= 0.3 is 0 Å². The van der Waals surface area contributed by atoms with Gasteiger partial charge in [0.1, 0.15) is 11.6 Å². The van der Waals surface area contributed by atoms with Crippen molar-refractivity contribution < 1.29 is 18.7 Å². The lowest BCUT2D eigenvalue weighted by atomic mass is 10.1. The van der Waals surface area contributed by atoms with Gasteiger partial charge in [-0.05, 0) is 29.8 Å². The van der Waals surface area contributed by atoms with Gasteiger partial charge < -0.3 is 10.4 Å². The van der Waals surface area contributed by atoms with Gasteiger partial charge in [0, 0.05) is 0 Å². The number of amides is 1. The molecule has 4 nitrogen and oxygen atoms in total. The molecule has 0 saturated heterocycles. The van der Waals surface area contributed by atoms with Gasteiger partial charge in [0.25, 0.3) is 0 Å². The van der Waals surface area contributed by atoms with E-state index in [4.69, 9.17) is 11.6 Å². The number of halogens is 3. The van der Waals surface area contributed by atoms with Gasteiger partial charge in [-0.2, -0.15) is 0 Å². The maximum atomic E-state index is 13.4. The fraction of sp³-hybridized carbons (Fsp3) is 0.188. The number of para-hydroxylation sites is 1. The van der Waals surface area contributed by atoms with Crippen LogP contribution in [0.5, 0.6) is 0 Å². The van der Waals surface area contributed by atoms with Gasteiger partial charge in [-0.25, -0.2) is 8.78 Å². The molecular weight excluding hydrogens is 326 g/mol. The Hall–Kier alpha value is -2.02. The molecule has 1 amide bonds. The fourth-order valence-corrected chi connectivity index (χ4v) is 2.11. The number of hydrogen-bond donors (Lipinski definition) is 3. The Bertz CT molecular complexity index is 698. The summed E-state index contributed by atoms with van der Waals surface area (Å²) in [5.41, 5.74) is 0.519. The Morgan fingerprint density at radius 1 is 1.17 bits per heavy atom. The normalized spacial score (nSPS) is 12.0. The molecule has 0 saturated carbocycles. The molecule has 23 heavy (non-hydrogen) atoms. The standard InChI is InChI=1S/C16H15ClF2N2O2/c17-11-6-5-10(7-13(11)19)15(9-22)20-8-16(23)21-14-4-2-1-3-12(14)18/h1-7,15,20,22H,8-9H2,(H,21,23)/t15-/m1/s1. The second-order valence-electron chi connectivity index (χ2n) is 4.82. The first-order valence-electron chi connectivity index (χ1n) is 6.85. The topological polar surface area (TPSA) is 61.4 Å². The van der Waals surface area contributed by atoms with Crippen molar-refractivity contribution in [2.24, 2.45) is 0 Å². The molecule has 0 aliphatic heterocycles. The van der Waals surface area contributed by atoms with E-state index in [0.717, 1.165) is 0 Å². The first-order valence-corrected chi connectivity index (χ1v) is 7.22. The zero-order valence-corrected chi connectivity index (χ0v) is 12.8. The van der Waals surface area contributed by atoms with Crippen LogP contribution in [0.1, 0.15) is 11.6 Å². The number of aliphatic hydroxyl groups is 1. The van der Waals surface area contributed by atoms with Crippen LogP contribution in [0.2, 0.25) is 5.02 Å². The predicted molar refractivity (Wildman–Crippen MR) is 84.3 cm³/mol. The molecule has 3 N–H and O–H groups in total. The zero-order chi connectivity index (χ0) is 16.8. The van der Waals surface area contributed by atoms with Crippen molar-refractivity contribution >= 4 is 23.2 Å². The van der Waals surface area contributed by atoms with Crippen LogP contribution in [-0.4, -0.2) is 24.2 Å². The number of aliphatic hydroxyl groups excluding tert-OH is 1. The first-order chi connectivity index (χ1) is 11.0. The minimum atomic E-state index is -0.645. The predicted octanol–water partition coefficient (Wildman–Crippen LogP) is 2.88. The van der Waals surface area contributed by atoms with Crippen LogP contribution in [-0.2, 0) is 4.79 Å². The molecule has 0 unspecified atom stereocenters. The van der Waals surface area contributed by atoms with Crippen molar-refractivity contribution in [1.82, 2.24) is 5.32 Å². The second-order valence-corrected chi connectivity index (χ2v) is 5.22. The van der Waals surface area contributed by atoms with E-state index in [0.29, 0.717) is 5.56 Å². The third-order valence-corrected chi connectivity index (χ3v) is 3.49. The molecule has 0 bridgehead atoms.